The van der Waals surface area contributed by atoms with Gasteiger partial charge in [-0.1, -0.05) is 6.07 Å². The van der Waals surface area contributed by atoms with Gasteiger partial charge < -0.3 is 14.4 Å². The molecule has 22 heavy (non-hydrogen) atoms. The lowest BCUT2D eigenvalue weighted by Crippen LogP contribution is -2.46. The molecule has 4 nitrogen and oxygen atoms in total. The van der Waals surface area contributed by atoms with Gasteiger partial charge in [0, 0.05) is 6.54 Å². The lowest BCUT2D eigenvalue weighted by Gasteiger charge is -2.34. The SMILES string of the molecule is CC(C)(C)OC(=O)N1CCC[C@H](Oc2cccc(F)c2F)C1. The quantitative estimate of drug-likeness (QED) is 0.835. The molecule has 1 aliphatic heterocycles. The zero-order valence-corrected chi connectivity index (χ0v) is 13.1. The minimum absolute atomic E-state index is 0.129. The molecule has 0 bridgehead atoms. The van der Waals surface area contributed by atoms with Gasteiger partial charge in [0.2, 0.25) is 5.82 Å². The molecular formula is C16H21F2NO3. The van der Waals surface area contributed by atoms with E-state index >= 15 is 0 Å². The fourth-order valence-electron chi connectivity index (χ4n) is 2.28. The second-order valence-corrected chi connectivity index (χ2v) is 6.36. The normalized spacial score (nSPS) is 19.0. The summed E-state index contributed by atoms with van der Waals surface area (Å²) in [6, 6.07) is 3.81. The number of carbonyl (C=O) groups is 1. The molecule has 0 N–H and O–H groups in total. The molecule has 0 aliphatic carbocycles. The van der Waals surface area contributed by atoms with Crippen LogP contribution in [0.2, 0.25) is 0 Å². The molecule has 0 saturated carbocycles. The van der Waals surface area contributed by atoms with Crippen LogP contribution < -0.4 is 4.74 Å². The molecule has 1 aromatic rings. The summed E-state index contributed by atoms with van der Waals surface area (Å²) in [6.45, 7) is 6.26. The Morgan fingerprint density at radius 3 is 2.73 bits per heavy atom. The van der Waals surface area contributed by atoms with E-state index in [4.69, 9.17) is 9.47 Å². The van der Waals surface area contributed by atoms with Gasteiger partial charge in [-0.25, -0.2) is 9.18 Å². The van der Waals surface area contributed by atoms with Crippen molar-refractivity contribution in [2.24, 2.45) is 0 Å². The van der Waals surface area contributed by atoms with Crippen molar-refractivity contribution in [2.75, 3.05) is 13.1 Å². The zero-order chi connectivity index (χ0) is 16.3. The molecule has 1 atom stereocenters. The maximum atomic E-state index is 13.6. The molecule has 1 amide bonds. The van der Waals surface area contributed by atoms with E-state index in [2.05, 4.69) is 0 Å². The van der Waals surface area contributed by atoms with Gasteiger partial charge in [-0.2, -0.15) is 4.39 Å². The molecule has 1 heterocycles. The maximum absolute atomic E-state index is 13.6. The summed E-state index contributed by atoms with van der Waals surface area (Å²) < 4.78 is 37.6. The number of halogens is 2. The van der Waals surface area contributed by atoms with E-state index in [1.165, 1.54) is 17.0 Å². The minimum atomic E-state index is -1.00. The van der Waals surface area contributed by atoms with Crippen molar-refractivity contribution in [2.45, 2.75) is 45.3 Å². The highest BCUT2D eigenvalue weighted by atomic mass is 19.2. The number of likely N-dealkylation sites (tertiary alicyclic amines) is 1. The Hall–Kier alpha value is -1.85. The van der Waals surface area contributed by atoms with Crippen molar-refractivity contribution in [3.05, 3.63) is 29.8 Å². The Kier molecular flexibility index (Phi) is 4.88. The maximum Gasteiger partial charge on any atom is 0.410 e. The molecule has 0 radical (unpaired) electrons. The number of amides is 1. The van der Waals surface area contributed by atoms with Gasteiger partial charge in [-0.05, 0) is 45.7 Å². The van der Waals surface area contributed by atoms with Crippen LogP contribution in [0.3, 0.4) is 0 Å². The molecule has 1 fully saturated rings. The summed E-state index contributed by atoms with van der Waals surface area (Å²) in [5, 5.41) is 0. The molecular weight excluding hydrogens is 292 g/mol. The van der Waals surface area contributed by atoms with Crippen molar-refractivity contribution in [1.82, 2.24) is 4.90 Å². The van der Waals surface area contributed by atoms with E-state index in [-0.39, 0.29) is 11.9 Å². The summed E-state index contributed by atoms with van der Waals surface area (Å²) in [5.74, 6) is -2.08. The molecule has 1 saturated heterocycles. The predicted octanol–water partition coefficient (Wildman–Crippen LogP) is 3.74. The highest BCUT2D eigenvalue weighted by molar-refractivity contribution is 5.68. The van der Waals surface area contributed by atoms with E-state index in [1.807, 2.05) is 0 Å². The second-order valence-electron chi connectivity index (χ2n) is 6.36. The lowest BCUT2D eigenvalue weighted by atomic mass is 10.1. The molecule has 2 rings (SSSR count). The number of rotatable bonds is 2. The summed E-state index contributed by atoms with van der Waals surface area (Å²) in [6.07, 6.45) is 0.605. The molecule has 1 aliphatic rings. The third-order valence-electron chi connectivity index (χ3n) is 3.24. The Labute approximate surface area is 129 Å². The highest BCUT2D eigenvalue weighted by Crippen LogP contribution is 2.24. The monoisotopic (exact) mass is 313 g/mol. The molecule has 6 heteroatoms. The smallest absolute Gasteiger partial charge is 0.410 e. The first-order valence-corrected chi connectivity index (χ1v) is 7.35. The minimum Gasteiger partial charge on any atom is -0.485 e. The van der Waals surface area contributed by atoms with Crippen LogP contribution in [0.15, 0.2) is 18.2 Å². The molecule has 0 aromatic heterocycles. The van der Waals surface area contributed by atoms with Gasteiger partial charge in [-0.15, -0.1) is 0 Å². The van der Waals surface area contributed by atoms with Crippen molar-refractivity contribution in [1.29, 1.82) is 0 Å². The number of hydrogen-bond donors (Lipinski definition) is 0. The van der Waals surface area contributed by atoms with Gasteiger partial charge in [0.25, 0.3) is 0 Å². The number of carbonyl (C=O) groups excluding carboxylic acids is 1. The first kappa shape index (κ1) is 16.5. The van der Waals surface area contributed by atoms with Crippen LogP contribution in [0.1, 0.15) is 33.6 Å². The summed E-state index contributed by atoms with van der Waals surface area (Å²) in [4.78, 5) is 13.6. The second kappa shape index (κ2) is 6.50. The largest absolute Gasteiger partial charge is 0.485 e. The average molecular weight is 313 g/mol. The number of nitrogens with zero attached hydrogens (tertiary/aromatic N) is 1. The van der Waals surface area contributed by atoms with Gasteiger partial charge >= 0.3 is 6.09 Å². The summed E-state index contributed by atoms with van der Waals surface area (Å²) in [5.41, 5.74) is -0.570. The van der Waals surface area contributed by atoms with Crippen LogP contribution >= 0.6 is 0 Å². The van der Waals surface area contributed by atoms with Crippen molar-refractivity contribution < 1.29 is 23.0 Å². The Balaban J connectivity index is 1.99. The van der Waals surface area contributed by atoms with Crippen LogP contribution in [0.4, 0.5) is 13.6 Å². The van der Waals surface area contributed by atoms with Gasteiger partial charge in [-0.3, -0.25) is 0 Å². The first-order chi connectivity index (χ1) is 10.3. The van der Waals surface area contributed by atoms with Crippen LogP contribution in [-0.2, 0) is 4.74 Å². The summed E-state index contributed by atoms with van der Waals surface area (Å²) >= 11 is 0. The first-order valence-electron chi connectivity index (χ1n) is 7.35. The number of hydrogen-bond acceptors (Lipinski definition) is 3. The molecule has 0 spiro atoms. The average Bonchev–Trinajstić information content (AvgIpc) is 2.42. The topological polar surface area (TPSA) is 38.8 Å². The van der Waals surface area contributed by atoms with Crippen LogP contribution in [0, 0.1) is 11.6 Å². The van der Waals surface area contributed by atoms with Crippen LogP contribution in [0.5, 0.6) is 5.75 Å². The summed E-state index contributed by atoms with van der Waals surface area (Å²) in [7, 11) is 0. The van der Waals surface area contributed by atoms with E-state index in [9.17, 15) is 13.6 Å². The van der Waals surface area contributed by atoms with Gasteiger partial charge in [0.1, 0.15) is 11.7 Å². The van der Waals surface area contributed by atoms with Gasteiger partial charge in [0.15, 0.2) is 11.6 Å². The van der Waals surface area contributed by atoms with E-state index in [0.29, 0.717) is 19.5 Å². The fraction of sp³-hybridized carbons (Fsp3) is 0.562. The molecule has 0 unspecified atom stereocenters. The van der Waals surface area contributed by atoms with Crippen molar-refractivity contribution >= 4 is 6.09 Å². The Morgan fingerprint density at radius 1 is 1.32 bits per heavy atom. The van der Waals surface area contributed by atoms with E-state index in [0.717, 1.165) is 12.5 Å². The van der Waals surface area contributed by atoms with Crippen molar-refractivity contribution in [3.8, 4) is 5.75 Å². The lowest BCUT2D eigenvalue weighted by molar-refractivity contribution is 0.00728. The predicted molar refractivity (Wildman–Crippen MR) is 77.8 cm³/mol. The molecule has 122 valence electrons. The fourth-order valence-corrected chi connectivity index (χ4v) is 2.28. The van der Waals surface area contributed by atoms with E-state index < -0.39 is 23.3 Å². The van der Waals surface area contributed by atoms with Crippen LogP contribution in [0.25, 0.3) is 0 Å². The van der Waals surface area contributed by atoms with E-state index in [1.54, 1.807) is 20.8 Å². The third kappa shape index (κ3) is 4.32. The number of piperidine rings is 1. The zero-order valence-electron chi connectivity index (χ0n) is 13.1. The highest BCUT2D eigenvalue weighted by Gasteiger charge is 2.29. The third-order valence-corrected chi connectivity index (χ3v) is 3.24. The molecule has 1 aromatic carbocycles. The number of ether oxygens (including phenoxy) is 2. The Bertz CT molecular complexity index is 543. The van der Waals surface area contributed by atoms with Crippen molar-refractivity contribution in [3.63, 3.8) is 0 Å². The number of benzene rings is 1. The Morgan fingerprint density at radius 2 is 2.05 bits per heavy atom. The van der Waals surface area contributed by atoms with Crippen LogP contribution in [-0.4, -0.2) is 35.8 Å². The standard InChI is InChI=1S/C16H21F2NO3/c1-16(2,3)22-15(20)19-9-5-6-11(10-19)21-13-8-4-7-12(17)14(13)18/h4,7-8,11H,5-6,9-10H2,1-3H3/t11-/m0/s1. The van der Waals surface area contributed by atoms with Gasteiger partial charge in [0.05, 0.1) is 6.54 Å².